The molecule has 17 heavy (non-hydrogen) atoms. The Kier molecular flexibility index (Phi) is 3.85. The van der Waals surface area contributed by atoms with Crippen molar-refractivity contribution in [3.63, 3.8) is 0 Å². The molecule has 1 aromatic rings. The first kappa shape index (κ1) is 12.6. The Balaban J connectivity index is 1.96. The van der Waals surface area contributed by atoms with Crippen molar-refractivity contribution in [3.05, 3.63) is 34.9 Å². The lowest BCUT2D eigenvalue weighted by Crippen LogP contribution is -2.41. The molecule has 0 spiro atoms. The van der Waals surface area contributed by atoms with E-state index in [1.807, 2.05) is 24.3 Å². The molecule has 0 unspecified atom stereocenters. The second kappa shape index (κ2) is 5.19. The molecule has 0 saturated heterocycles. The van der Waals surface area contributed by atoms with Crippen molar-refractivity contribution in [1.29, 1.82) is 0 Å². The van der Waals surface area contributed by atoms with Crippen LogP contribution in [0, 0.1) is 0 Å². The number of carbonyl (C=O) groups is 1. The van der Waals surface area contributed by atoms with Crippen LogP contribution in [-0.4, -0.2) is 18.5 Å². The van der Waals surface area contributed by atoms with Gasteiger partial charge >= 0.3 is 0 Å². The predicted molar refractivity (Wildman–Crippen MR) is 68.4 cm³/mol. The predicted octanol–water partition coefficient (Wildman–Crippen LogP) is 3.41. The summed E-state index contributed by atoms with van der Waals surface area (Å²) in [6.45, 7) is 0. The van der Waals surface area contributed by atoms with Gasteiger partial charge in [-0.05, 0) is 30.9 Å². The molecule has 92 valence electrons. The molecular formula is C14H17ClO2. The molecule has 2 rings (SSSR count). The molecule has 0 heterocycles. The van der Waals surface area contributed by atoms with Gasteiger partial charge in [-0.15, -0.1) is 0 Å². The molecule has 0 aromatic heterocycles. The molecule has 1 fully saturated rings. The highest BCUT2D eigenvalue weighted by Gasteiger charge is 2.38. The summed E-state index contributed by atoms with van der Waals surface area (Å²) in [5.41, 5.74) is 0.725. The van der Waals surface area contributed by atoms with E-state index in [4.69, 9.17) is 16.3 Å². The summed E-state index contributed by atoms with van der Waals surface area (Å²) in [7, 11) is 1.70. The molecule has 1 aromatic carbocycles. The van der Waals surface area contributed by atoms with Gasteiger partial charge in [0.1, 0.15) is 5.78 Å². The summed E-state index contributed by atoms with van der Waals surface area (Å²) in [5.74, 6) is 0.208. The average Bonchev–Trinajstić information content (AvgIpc) is 2.27. The summed E-state index contributed by atoms with van der Waals surface area (Å²) < 4.78 is 5.46. The van der Waals surface area contributed by atoms with Gasteiger partial charge in [0.05, 0.1) is 5.60 Å². The Bertz CT molecular complexity index is 405. The third-order valence-corrected chi connectivity index (χ3v) is 3.93. The van der Waals surface area contributed by atoms with E-state index >= 15 is 0 Å². The Morgan fingerprint density at radius 1 is 1.41 bits per heavy atom. The molecule has 1 aliphatic rings. The summed E-state index contributed by atoms with van der Waals surface area (Å²) >= 11 is 6.04. The topological polar surface area (TPSA) is 26.3 Å². The summed E-state index contributed by atoms with van der Waals surface area (Å²) in [6, 6.07) is 7.50. The fourth-order valence-corrected chi connectivity index (χ4v) is 2.50. The standard InChI is InChI=1S/C14H17ClO2/c1-17-14(7-4-8-14)10-12(16)9-11-5-2-3-6-13(11)15/h2-3,5-6H,4,7-10H2,1H3. The highest BCUT2D eigenvalue weighted by atomic mass is 35.5. The Morgan fingerprint density at radius 2 is 2.12 bits per heavy atom. The van der Waals surface area contributed by atoms with Crippen molar-refractivity contribution in [3.8, 4) is 0 Å². The lowest BCUT2D eigenvalue weighted by Gasteiger charge is -2.40. The number of halogens is 1. The van der Waals surface area contributed by atoms with Gasteiger partial charge in [0.2, 0.25) is 0 Å². The molecule has 0 radical (unpaired) electrons. The minimum absolute atomic E-state index is 0.182. The quantitative estimate of drug-likeness (QED) is 0.803. The number of methoxy groups -OCH3 is 1. The molecule has 0 atom stereocenters. The number of carbonyl (C=O) groups excluding carboxylic acids is 1. The van der Waals surface area contributed by atoms with Crippen LogP contribution in [0.25, 0.3) is 0 Å². The number of hydrogen-bond donors (Lipinski definition) is 0. The largest absolute Gasteiger partial charge is 0.378 e. The summed E-state index contributed by atoms with van der Waals surface area (Å²) in [4.78, 5) is 12.0. The number of rotatable bonds is 5. The van der Waals surface area contributed by atoms with Crippen LogP contribution in [0.4, 0.5) is 0 Å². The van der Waals surface area contributed by atoms with Crippen molar-refractivity contribution in [2.45, 2.75) is 37.7 Å². The number of ketones is 1. The highest BCUT2D eigenvalue weighted by molar-refractivity contribution is 6.31. The fourth-order valence-electron chi connectivity index (χ4n) is 2.30. The number of hydrogen-bond acceptors (Lipinski definition) is 2. The van der Waals surface area contributed by atoms with Crippen molar-refractivity contribution >= 4 is 17.4 Å². The molecule has 1 saturated carbocycles. The maximum atomic E-state index is 12.0. The van der Waals surface area contributed by atoms with Crippen LogP contribution in [0.3, 0.4) is 0 Å². The lowest BCUT2D eigenvalue weighted by atomic mass is 9.76. The van der Waals surface area contributed by atoms with Crippen LogP contribution >= 0.6 is 11.6 Å². The Hall–Kier alpha value is -0.860. The Morgan fingerprint density at radius 3 is 2.65 bits per heavy atom. The monoisotopic (exact) mass is 252 g/mol. The minimum Gasteiger partial charge on any atom is -0.378 e. The van der Waals surface area contributed by atoms with Gasteiger partial charge in [0.15, 0.2) is 0 Å². The molecule has 0 bridgehead atoms. The number of ether oxygens (including phenoxy) is 1. The maximum absolute atomic E-state index is 12.0. The van der Waals surface area contributed by atoms with E-state index in [2.05, 4.69) is 0 Å². The zero-order valence-corrected chi connectivity index (χ0v) is 10.8. The molecule has 0 N–H and O–H groups in total. The number of Topliss-reactive ketones (excluding diaryl/α,β-unsaturated/α-hetero) is 1. The van der Waals surface area contributed by atoms with E-state index in [-0.39, 0.29) is 11.4 Å². The zero-order valence-electron chi connectivity index (χ0n) is 10.0. The first-order valence-corrected chi connectivity index (χ1v) is 6.33. The molecule has 3 heteroatoms. The van der Waals surface area contributed by atoms with Crippen LogP contribution in [0.5, 0.6) is 0 Å². The van der Waals surface area contributed by atoms with E-state index < -0.39 is 0 Å². The van der Waals surface area contributed by atoms with Crippen LogP contribution in [0.2, 0.25) is 5.02 Å². The van der Waals surface area contributed by atoms with Crippen molar-refractivity contribution < 1.29 is 9.53 Å². The van der Waals surface area contributed by atoms with Gasteiger partial charge in [-0.1, -0.05) is 29.8 Å². The third-order valence-electron chi connectivity index (χ3n) is 3.56. The van der Waals surface area contributed by atoms with Gasteiger partial charge in [-0.25, -0.2) is 0 Å². The van der Waals surface area contributed by atoms with E-state index in [0.29, 0.717) is 17.9 Å². The van der Waals surface area contributed by atoms with Gasteiger partial charge in [-0.3, -0.25) is 4.79 Å². The molecule has 2 nitrogen and oxygen atoms in total. The van der Waals surface area contributed by atoms with E-state index in [9.17, 15) is 4.79 Å². The van der Waals surface area contributed by atoms with Crippen LogP contribution in [0.15, 0.2) is 24.3 Å². The molecule has 0 aliphatic heterocycles. The SMILES string of the molecule is COC1(CC(=O)Cc2ccccc2Cl)CCC1. The van der Waals surface area contributed by atoms with Crippen molar-refractivity contribution in [2.75, 3.05) is 7.11 Å². The lowest BCUT2D eigenvalue weighted by molar-refractivity contribution is -0.131. The maximum Gasteiger partial charge on any atom is 0.140 e. The highest BCUT2D eigenvalue weighted by Crippen LogP contribution is 2.38. The molecule has 1 aliphatic carbocycles. The van der Waals surface area contributed by atoms with Crippen LogP contribution < -0.4 is 0 Å². The van der Waals surface area contributed by atoms with Gasteiger partial charge < -0.3 is 4.74 Å². The van der Waals surface area contributed by atoms with E-state index in [1.54, 1.807) is 7.11 Å². The van der Waals surface area contributed by atoms with Gasteiger partial charge in [0, 0.05) is 25.0 Å². The van der Waals surface area contributed by atoms with Crippen LogP contribution in [0.1, 0.15) is 31.2 Å². The second-order valence-electron chi connectivity index (χ2n) is 4.72. The van der Waals surface area contributed by atoms with E-state index in [1.165, 1.54) is 0 Å². The fraction of sp³-hybridized carbons (Fsp3) is 0.500. The van der Waals surface area contributed by atoms with E-state index in [0.717, 1.165) is 24.8 Å². The van der Waals surface area contributed by atoms with Crippen molar-refractivity contribution in [1.82, 2.24) is 0 Å². The van der Waals surface area contributed by atoms with Gasteiger partial charge in [-0.2, -0.15) is 0 Å². The smallest absolute Gasteiger partial charge is 0.140 e. The average molecular weight is 253 g/mol. The normalized spacial score (nSPS) is 17.5. The first-order valence-electron chi connectivity index (χ1n) is 5.95. The van der Waals surface area contributed by atoms with Crippen molar-refractivity contribution in [2.24, 2.45) is 0 Å². The zero-order chi connectivity index (χ0) is 12.3. The summed E-state index contributed by atoms with van der Waals surface area (Å²) in [5, 5.41) is 0.668. The minimum atomic E-state index is -0.182. The van der Waals surface area contributed by atoms with Crippen LogP contribution in [-0.2, 0) is 16.0 Å². The second-order valence-corrected chi connectivity index (χ2v) is 5.13. The Labute approximate surface area is 107 Å². The molecule has 0 amide bonds. The molecular weight excluding hydrogens is 236 g/mol. The number of benzene rings is 1. The van der Waals surface area contributed by atoms with Gasteiger partial charge in [0.25, 0.3) is 0 Å². The third kappa shape index (κ3) is 2.88. The summed E-state index contributed by atoms with van der Waals surface area (Å²) in [6.07, 6.45) is 4.07. The first-order chi connectivity index (χ1) is 8.15.